The summed E-state index contributed by atoms with van der Waals surface area (Å²) in [6, 6.07) is 10.1. The summed E-state index contributed by atoms with van der Waals surface area (Å²) in [5, 5.41) is 22.3. The number of phenols is 1. The van der Waals surface area contributed by atoms with Crippen molar-refractivity contribution in [3.63, 3.8) is 0 Å². The van der Waals surface area contributed by atoms with Gasteiger partial charge in [0.25, 0.3) is 11.7 Å². The fourth-order valence-corrected chi connectivity index (χ4v) is 4.52. The zero-order valence-electron chi connectivity index (χ0n) is 19.7. The fraction of sp³-hybridized carbons (Fsp3) is 0.222. The fourth-order valence-electron chi connectivity index (χ4n) is 4.35. The van der Waals surface area contributed by atoms with Crippen LogP contribution < -0.4 is 9.64 Å². The zero-order chi connectivity index (χ0) is 25.4. The van der Waals surface area contributed by atoms with E-state index in [0.29, 0.717) is 22.4 Å². The number of aliphatic hydroxyl groups excluding tert-OH is 1. The molecule has 1 fully saturated rings. The lowest BCUT2D eigenvalue weighted by atomic mass is 9.91. The van der Waals surface area contributed by atoms with Crippen LogP contribution in [0, 0.1) is 6.92 Å². The van der Waals surface area contributed by atoms with Crippen molar-refractivity contribution in [3.05, 3.63) is 87.7 Å². The van der Waals surface area contributed by atoms with Crippen molar-refractivity contribution in [1.29, 1.82) is 0 Å². The predicted molar refractivity (Wildman–Crippen MR) is 134 cm³/mol. The number of hydrogen-bond acceptors (Lipinski definition) is 6. The van der Waals surface area contributed by atoms with Crippen LogP contribution in [0.15, 0.2) is 60.4 Å². The number of Topliss-reactive ketones (excluding diaryl/α,β-unsaturated/α-hetero) is 1. The van der Waals surface area contributed by atoms with E-state index in [1.54, 1.807) is 44.5 Å². The molecule has 1 atom stereocenters. The number of aryl methyl sites for hydroxylation is 1. The van der Waals surface area contributed by atoms with Crippen LogP contribution in [0.1, 0.15) is 48.1 Å². The molecule has 0 radical (unpaired) electrons. The number of ether oxygens (including phenoxy) is 1. The van der Waals surface area contributed by atoms with Crippen molar-refractivity contribution in [2.24, 2.45) is 0 Å². The molecule has 3 aromatic rings. The molecule has 7 nitrogen and oxygen atoms in total. The number of nitrogens with zero attached hydrogens (tertiary/aromatic N) is 2. The molecule has 2 heterocycles. The van der Waals surface area contributed by atoms with E-state index < -0.39 is 17.7 Å². The molecule has 8 heteroatoms. The van der Waals surface area contributed by atoms with Gasteiger partial charge in [-0.25, -0.2) is 0 Å². The highest BCUT2D eigenvalue weighted by Gasteiger charge is 2.48. The van der Waals surface area contributed by atoms with Crippen molar-refractivity contribution in [3.8, 4) is 11.5 Å². The van der Waals surface area contributed by atoms with Crippen LogP contribution in [-0.4, -0.2) is 34.0 Å². The molecule has 1 amide bonds. The predicted octanol–water partition coefficient (Wildman–Crippen LogP) is 5.51. The van der Waals surface area contributed by atoms with Gasteiger partial charge in [0.05, 0.1) is 24.4 Å². The maximum Gasteiger partial charge on any atom is 0.300 e. The summed E-state index contributed by atoms with van der Waals surface area (Å²) in [5.41, 5.74) is 2.37. The number of benzene rings is 2. The SMILES string of the molecule is COc1cc(C)c(/C(O)=C2\C(=O)C(=O)N(c3cc(Cl)ccc3O)C2c2cccnc2)cc1C(C)C. The second-order valence-corrected chi connectivity index (χ2v) is 9.09. The number of aromatic hydroxyl groups is 1. The number of carbonyl (C=O) groups excluding carboxylic acids is 2. The summed E-state index contributed by atoms with van der Waals surface area (Å²) in [7, 11) is 1.57. The van der Waals surface area contributed by atoms with Crippen LogP contribution in [0.5, 0.6) is 11.5 Å². The first-order valence-electron chi connectivity index (χ1n) is 11.0. The Hall–Kier alpha value is -3.84. The molecule has 1 aliphatic heterocycles. The van der Waals surface area contributed by atoms with E-state index in [4.69, 9.17) is 16.3 Å². The number of pyridine rings is 1. The van der Waals surface area contributed by atoms with E-state index in [-0.39, 0.29) is 33.7 Å². The smallest absolute Gasteiger partial charge is 0.300 e. The lowest BCUT2D eigenvalue weighted by Crippen LogP contribution is -2.29. The number of aliphatic hydroxyl groups is 1. The molecule has 0 aliphatic carbocycles. The second-order valence-electron chi connectivity index (χ2n) is 8.65. The third-order valence-electron chi connectivity index (χ3n) is 6.10. The monoisotopic (exact) mass is 492 g/mol. The van der Waals surface area contributed by atoms with Crippen LogP contribution in [0.2, 0.25) is 5.02 Å². The highest BCUT2D eigenvalue weighted by molar-refractivity contribution is 6.52. The van der Waals surface area contributed by atoms with E-state index in [2.05, 4.69) is 4.98 Å². The van der Waals surface area contributed by atoms with Crippen molar-refractivity contribution in [2.45, 2.75) is 32.7 Å². The molecule has 4 rings (SSSR count). The molecule has 2 aromatic carbocycles. The molecule has 0 bridgehead atoms. The van der Waals surface area contributed by atoms with Gasteiger partial charge < -0.3 is 14.9 Å². The number of halogens is 1. The summed E-state index contributed by atoms with van der Waals surface area (Å²) in [6.07, 6.45) is 3.08. The van der Waals surface area contributed by atoms with Gasteiger partial charge in [0.15, 0.2) is 0 Å². The van der Waals surface area contributed by atoms with E-state index in [9.17, 15) is 19.8 Å². The number of rotatable bonds is 5. The van der Waals surface area contributed by atoms with Gasteiger partial charge in [-0.3, -0.25) is 19.5 Å². The first-order valence-corrected chi connectivity index (χ1v) is 11.4. The van der Waals surface area contributed by atoms with E-state index in [0.717, 1.165) is 10.5 Å². The Kier molecular flexibility index (Phi) is 6.54. The molecular formula is C27H25ClN2O5. The van der Waals surface area contributed by atoms with Crippen molar-refractivity contribution in [1.82, 2.24) is 4.98 Å². The van der Waals surface area contributed by atoms with Crippen molar-refractivity contribution in [2.75, 3.05) is 12.0 Å². The van der Waals surface area contributed by atoms with Crippen molar-refractivity contribution < 1.29 is 24.5 Å². The minimum absolute atomic E-state index is 0.0572. The maximum atomic E-state index is 13.4. The second kappa shape index (κ2) is 9.43. The molecule has 1 unspecified atom stereocenters. The Morgan fingerprint density at radius 3 is 2.54 bits per heavy atom. The number of carbonyl (C=O) groups is 2. The highest BCUT2D eigenvalue weighted by atomic mass is 35.5. The summed E-state index contributed by atoms with van der Waals surface area (Å²) in [4.78, 5) is 31.9. The minimum Gasteiger partial charge on any atom is -0.507 e. The lowest BCUT2D eigenvalue weighted by Gasteiger charge is -2.26. The molecule has 1 saturated heterocycles. The number of phenolic OH excluding ortho intramolecular Hbond substituents is 1. The largest absolute Gasteiger partial charge is 0.507 e. The van der Waals surface area contributed by atoms with E-state index in [1.807, 2.05) is 13.8 Å². The van der Waals surface area contributed by atoms with Gasteiger partial charge in [-0.15, -0.1) is 0 Å². The number of aromatic nitrogens is 1. The Morgan fingerprint density at radius 1 is 1.17 bits per heavy atom. The van der Waals surface area contributed by atoms with Gasteiger partial charge in [-0.1, -0.05) is 31.5 Å². The van der Waals surface area contributed by atoms with E-state index in [1.165, 1.54) is 24.4 Å². The molecule has 0 spiro atoms. The van der Waals surface area contributed by atoms with Crippen molar-refractivity contribution >= 4 is 34.7 Å². The first kappa shape index (κ1) is 24.3. The van der Waals surface area contributed by atoms with Crippen LogP contribution in [0.25, 0.3) is 5.76 Å². The van der Waals surface area contributed by atoms with Gasteiger partial charge in [0.2, 0.25) is 0 Å². The average molecular weight is 493 g/mol. The van der Waals surface area contributed by atoms with Crippen LogP contribution in [0.3, 0.4) is 0 Å². The summed E-state index contributed by atoms with van der Waals surface area (Å²) < 4.78 is 5.50. The Morgan fingerprint density at radius 2 is 1.91 bits per heavy atom. The number of amides is 1. The zero-order valence-corrected chi connectivity index (χ0v) is 20.5. The molecule has 35 heavy (non-hydrogen) atoms. The van der Waals surface area contributed by atoms with Crippen LogP contribution >= 0.6 is 11.6 Å². The molecule has 1 aromatic heterocycles. The average Bonchev–Trinajstić information content (AvgIpc) is 3.10. The normalized spacial score (nSPS) is 17.3. The van der Waals surface area contributed by atoms with Crippen LogP contribution in [0.4, 0.5) is 5.69 Å². The molecule has 0 saturated carbocycles. The van der Waals surface area contributed by atoms with Gasteiger partial charge in [0.1, 0.15) is 17.3 Å². The number of ketones is 1. The summed E-state index contributed by atoms with van der Waals surface area (Å²) in [5.74, 6) is -1.57. The van der Waals surface area contributed by atoms with Gasteiger partial charge >= 0.3 is 0 Å². The third-order valence-corrected chi connectivity index (χ3v) is 6.33. The molecule has 1 aliphatic rings. The van der Waals surface area contributed by atoms with E-state index >= 15 is 0 Å². The third kappa shape index (κ3) is 4.23. The Balaban J connectivity index is 2.00. The topological polar surface area (TPSA) is 100.0 Å². The van der Waals surface area contributed by atoms with Gasteiger partial charge in [0, 0.05) is 23.0 Å². The molecule has 180 valence electrons. The minimum atomic E-state index is -1.03. The Labute approximate surface area is 208 Å². The summed E-state index contributed by atoms with van der Waals surface area (Å²) >= 11 is 6.14. The van der Waals surface area contributed by atoms with Crippen LogP contribution in [-0.2, 0) is 9.59 Å². The van der Waals surface area contributed by atoms with Gasteiger partial charge in [-0.05, 0) is 65.9 Å². The molecular weight excluding hydrogens is 468 g/mol. The number of hydrogen-bond donors (Lipinski definition) is 2. The standard InChI is InChI=1S/C27H25ClN2O5/c1-14(2)18-12-19(15(3)10-22(18)35-4)25(32)23-24(16-6-5-9-29-13-16)30(27(34)26(23)33)20-11-17(28)7-8-21(20)31/h5-14,24,31-32H,1-4H3/b25-23+. The summed E-state index contributed by atoms with van der Waals surface area (Å²) in [6.45, 7) is 5.78. The first-order chi connectivity index (χ1) is 16.6. The quantitative estimate of drug-likeness (QED) is 0.277. The lowest BCUT2D eigenvalue weighted by molar-refractivity contribution is -0.132. The highest BCUT2D eigenvalue weighted by Crippen LogP contribution is 2.46. The molecule has 2 N–H and O–H groups in total. The Bertz CT molecular complexity index is 1350. The number of methoxy groups -OCH3 is 1. The maximum absolute atomic E-state index is 13.4. The number of anilines is 1. The van der Waals surface area contributed by atoms with Gasteiger partial charge in [-0.2, -0.15) is 0 Å².